The Morgan fingerprint density at radius 2 is 1.93 bits per heavy atom. The third kappa shape index (κ3) is 12.2. The van der Waals surface area contributed by atoms with Gasteiger partial charge in [0.05, 0.1) is 0 Å². The minimum absolute atomic E-state index is 0.866. The summed E-state index contributed by atoms with van der Waals surface area (Å²) >= 11 is 2.18. The molecule has 0 aliphatic carbocycles. The maximum Gasteiger partial charge on any atom is 0.108 e. The molecule has 0 aromatic rings. The average Bonchev–Trinajstić information content (AvgIpc) is 2.08. The molecule has 84 valence electrons. The summed E-state index contributed by atoms with van der Waals surface area (Å²) in [5.41, 5.74) is 0. The fraction of sp³-hybridized carbons (Fsp3) is 0.909. The van der Waals surface area contributed by atoms with Crippen molar-refractivity contribution in [2.24, 2.45) is 4.99 Å². The van der Waals surface area contributed by atoms with Gasteiger partial charge in [0.1, 0.15) is 7.22 Å². The lowest BCUT2D eigenvalue weighted by Gasteiger charge is -2.13. The van der Waals surface area contributed by atoms with Crippen LogP contribution in [0.5, 0.6) is 0 Å². The van der Waals surface area contributed by atoms with Crippen molar-refractivity contribution >= 4 is 24.6 Å². The summed E-state index contributed by atoms with van der Waals surface area (Å²) in [4.78, 5) is 4.37. The van der Waals surface area contributed by atoms with E-state index >= 15 is 0 Å². The zero-order valence-corrected chi connectivity index (χ0v) is 12.0. The number of hydrogen-bond donors (Lipinski definition) is 0. The van der Waals surface area contributed by atoms with E-state index in [1.54, 1.807) is 0 Å². The monoisotopic (exact) mass is 231 g/mol. The first-order valence-electron chi connectivity index (χ1n) is 5.68. The molecule has 0 saturated heterocycles. The van der Waals surface area contributed by atoms with Gasteiger partial charge in [-0.15, -0.1) is 0 Å². The molecule has 0 rings (SSSR count). The lowest BCUT2D eigenvalue weighted by Crippen LogP contribution is -2.14. The Hall–Kier alpha value is 0.237. The average molecular weight is 231 g/mol. The van der Waals surface area contributed by atoms with Crippen LogP contribution in [0.25, 0.3) is 0 Å². The Balaban J connectivity index is 3.17. The molecule has 0 aromatic heterocycles. The number of nitrogens with zero attached hydrogens (tertiary/aromatic N) is 1. The second-order valence-corrected chi connectivity index (χ2v) is 14.0. The topological polar surface area (TPSA) is 12.4 Å². The van der Waals surface area contributed by atoms with E-state index in [1.807, 2.05) is 0 Å². The highest BCUT2D eigenvalue weighted by Crippen LogP contribution is 2.20. The molecule has 0 radical (unpaired) electrons. The van der Waals surface area contributed by atoms with Crippen LogP contribution in [0.3, 0.4) is 0 Å². The molecular formula is C11H25NSSi. The zero-order valence-electron chi connectivity index (χ0n) is 10.2. The van der Waals surface area contributed by atoms with Crippen LogP contribution in [0, 0.1) is 0 Å². The highest BCUT2D eigenvalue weighted by atomic mass is 32.4. The number of unbranched alkanes of at least 4 members (excludes halogenated alkanes) is 2. The largest absolute Gasteiger partial charge is 0.298 e. The maximum atomic E-state index is 4.37. The van der Waals surface area contributed by atoms with Crippen molar-refractivity contribution < 1.29 is 0 Å². The molecule has 0 atom stereocenters. The van der Waals surface area contributed by atoms with E-state index < -0.39 is 7.22 Å². The molecule has 0 heterocycles. The molecule has 3 heteroatoms. The summed E-state index contributed by atoms with van der Waals surface area (Å²) in [5, 5.41) is 0. The van der Waals surface area contributed by atoms with Crippen LogP contribution in [0.2, 0.25) is 19.6 Å². The Kier molecular flexibility index (Phi) is 8.68. The third-order valence-corrected chi connectivity index (χ3v) is 6.35. The summed E-state index contributed by atoms with van der Waals surface area (Å²) < 4.78 is 0. The first kappa shape index (κ1) is 14.2. The van der Waals surface area contributed by atoms with Crippen molar-refractivity contribution in [2.75, 3.05) is 12.3 Å². The van der Waals surface area contributed by atoms with Crippen LogP contribution in [-0.4, -0.2) is 25.7 Å². The first-order chi connectivity index (χ1) is 6.56. The van der Waals surface area contributed by atoms with Crippen molar-refractivity contribution in [3.05, 3.63) is 0 Å². The standard InChI is InChI=1S/C11H25NSSi/c1-5-6-9-12-10-7-8-11-13-14(2,3)4/h10H,5-9,11H2,1-4H3. The van der Waals surface area contributed by atoms with Crippen molar-refractivity contribution in [1.29, 1.82) is 0 Å². The molecule has 0 aliphatic heterocycles. The molecule has 14 heavy (non-hydrogen) atoms. The number of rotatable bonds is 8. The van der Waals surface area contributed by atoms with Crippen LogP contribution < -0.4 is 0 Å². The van der Waals surface area contributed by atoms with Crippen LogP contribution in [0.15, 0.2) is 4.99 Å². The quantitative estimate of drug-likeness (QED) is 0.346. The maximum absolute atomic E-state index is 4.37. The van der Waals surface area contributed by atoms with Gasteiger partial charge in [0, 0.05) is 6.54 Å². The molecule has 1 nitrogen and oxygen atoms in total. The van der Waals surface area contributed by atoms with E-state index in [-0.39, 0.29) is 0 Å². The van der Waals surface area contributed by atoms with Crippen LogP contribution in [-0.2, 0) is 0 Å². The molecule has 0 aromatic carbocycles. The summed E-state index contributed by atoms with van der Waals surface area (Å²) in [5.74, 6) is 1.32. The molecule has 0 aliphatic rings. The predicted molar refractivity (Wildman–Crippen MR) is 73.3 cm³/mol. The molecular weight excluding hydrogens is 206 g/mol. The van der Waals surface area contributed by atoms with Gasteiger partial charge in [-0.2, -0.15) is 11.2 Å². The molecule has 0 fully saturated rings. The molecule has 0 bridgehead atoms. The second-order valence-electron chi connectivity index (χ2n) is 4.55. The van der Waals surface area contributed by atoms with Gasteiger partial charge in [0.25, 0.3) is 0 Å². The molecule has 0 N–H and O–H groups in total. The summed E-state index contributed by atoms with van der Waals surface area (Å²) in [6.45, 7) is 10.5. The number of hydrogen-bond acceptors (Lipinski definition) is 2. The van der Waals surface area contributed by atoms with Crippen LogP contribution in [0.4, 0.5) is 0 Å². The highest BCUT2D eigenvalue weighted by Gasteiger charge is 2.11. The van der Waals surface area contributed by atoms with Gasteiger partial charge >= 0.3 is 0 Å². The van der Waals surface area contributed by atoms with Gasteiger partial charge in [0.2, 0.25) is 0 Å². The first-order valence-corrected chi connectivity index (χ1v) is 10.9. The van der Waals surface area contributed by atoms with E-state index in [2.05, 4.69) is 49.0 Å². The highest BCUT2D eigenvalue weighted by molar-refractivity contribution is 8.28. The van der Waals surface area contributed by atoms with Gasteiger partial charge in [-0.05, 0) is 31.2 Å². The Morgan fingerprint density at radius 1 is 1.21 bits per heavy atom. The van der Waals surface area contributed by atoms with Gasteiger partial charge in [-0.1, -0.05) is 33.0 Å². The fourth-order valence-electron chi connectivity index (χ4n) is 0.985. The van der Waals surface area contributed by atoms with E-state index in [0.717, 1.165) is 6.54 Å². The summed E-state index contributed by atoms with van der Waals surface area (Å²) in [6, 6.07) is 0. The van der Waals surface area contributed by atoms with E-state index in [4.69, 9.17) is 0 Å². The number of aliphatic imine (C=N–C) groups is 1. The second kappa shape index (κ2) is 8.54. The molecule has 0 unspecified atom stereocenters. The zero-order chi connectivity index (χ0) is 10.9. The molecule has 0 spiro atoms. The predicted octanol–water partition coefficient (Wildman–Crippen LogP) is 4.21. The summed E-state index contributed by atoms with van der Waals surface area (Å²) in [6.07, 6.45) is 7.06. The normalized spacial score (nSPS) is 12.6. The van der Waals surface area contributed by atoms with Gasteiger partial charge in [-0.25, -0.2) is 0 Å². The van der Waals surface area contributed by atoms with Crippen molar-refractivity contribution in [1.82, 2.24) is 0 Å². The van der Waals surface area contributed by atoms with Gasteiger partial charge in [-0.3, -0.25) is 4.99 Å². The van der Waals surface area contributed by atoms with Gasteiger partial charge < -0.3 is 0 Å². The Morgan fingerprint density at radius 3 is 2.50 bits per heavy atom. The van der Waals surface area contributed by atoms with Crippen molar-refractivity contribution in [3.63, 3.8) is 0 Å². The lowest BCUT2D eigenvalue weighted by molar-refractivity contribution is 0.807. The van der Waals surface area contributed by atoms with Crippen molar-refractivity contribution in [3.8, 4) is 0 Å². The Bertz CT molecular complexity index is 152. The minimum Gasteiger partial charge on any atom is -0.298 e. The minimum atomic E-state index is -0.866. The van der Waals surface area contributed by atoms with Crippen LogP contribution in [0.1, 0.15) is 32.6 Å². The molecule has 0 amide bonds. The third-order valence-electron chi connectivity index (χ3n) is 1.78. The van der Waals surface area contributed by atoms with E-state index in [1.165, 1.54) is 31.4 Å². The SMILES string of the molecule is CCCCN=CCCCS[Si](C)(C)C. The smallest absolute Gasteiger partial charge is 0.108 e. The Labute approximate surface area is 94.4 Å². The summed E-state index contributed by atoms with van der Waals surface area (Å²) in [7, 11) is -0.866. The van der Waals surface area contributed by atoms with E-state index in [0.29, 0.717) is 0 Å². The fourth-order valence-corrected chi connectivity index (χ4v) is 4.18. The van der Waals surface area contributed by atoms with Crippen molar-refractivity contribution in [2.45, 2.75) is 52.2 Å². The molecule has 0 saturated carbocycles. The van der Waals surface area contributed by atoms with Crippen LogP contribution >= 0.6 is 11.2 Å². The lowest BCUT2D eigenvalue weighted by atomic mass is 10.3. The van der Waals surface area contributed by atoms with Gasteiger partial charge in [0.15, 0.2) is 0 Å². The van der Waals surface area contributed by atoms with E-state index in [9.17, 15) is 0 Å².